The molecule has 1 atom stereocenters. The molecule has 1 aliphatic heterocycles. The van der Waals surface area contributed by atoms with Crippen LogP contribution >= 0.6 is 12.4 Å². The summed E-state index contributed by atoms with van der Waals surface area (Å²) in [6.45, 7) is 2.76. The smallest absolute Gasteiger partial charge is 0.490 e. The Morgan fingerprint density at radius 3 is 2.17 bits per heavy atom. The van der Waals surface area contributed by atoms with Crippen molar-refractivity contribution in [3.63, 3.8) is 0 Å². The maximum atomic E-state index is 12.1. The molecule has 0 spiro atoms. The van der Waals surface area contributed by atoms with Crippen LogP contribution in [0.25, 0.3) is 0 Å². The van der Waals surface area contributed by atoms with Gasteiger partial charge in [-0.2, -0.15) is 0 Å². The highest BCUT2D eigenvalue weighted by Crippen LogP contribution is 2.26. The highest BCUT2D eigenvalue weighted by atomic mass is 35.5. The minimum absolute atomic E-state index is 0. The number of halogens is 4. The van der Waals surface area contributed by atoms with Gasteiger partial charge in [-0.1, -0.05) is 0 Å². The van der Waals surface area contributed by atoms with Crippen molar-refractivity contribution < 1.29 is 27.4 Å². The second-order valence-electron chi connectivity index (χ2n) is 5.45. The lowest BCUT2D eigenvalue weighted by atomic mass is 10.1. The number of carbonyl (C=O) groups excluding carboxylic acids is 1. The highest BCUT2D eigenvalue weighted by molar-refractivity contribution is 5.85. The van der Waals surface area contributed by atoms with E-state index in [0.29, 0.717) is 31.7 Å². The Labute approximate surface area is 144 Å². The van der Waals surface area contributed by atoms with E-state index in [1.165, 1.54) is 24.3 Å². The van der Waals surface area contributed by atoms with Crippen LogP contribution in [0, 0.1) is 0 Å². The quantitative estimate of drug-likeness (QED) is 0.887. The van der Waals surface area contributed by atoms with Gasteiger partial charge in [0.1, 0.15) is 17.6 Å². The fourth-order valence-electron chi connectivity index (χ4n) is 2.39. The zero-order valence-electron chi connectivity index (χ0n) is 13.1. The summed E-state index contributed by atoms with van der Waals surface area (Å²) in [5, 5.41) is 0. The monoisotopic (exact) mass is 368 g/mol. The van der Waals surface area contributed by atoms with Crippen molar-refractivity contribution in [1.82, 2.24) is 4.90 Å². The Bertz CT molecular complexity index is 530. The molecule has 1 amide bonds. The van der Waals surface area contributed by atoms with Gasteiger partial charge in [-0.15, -0.1) is 25.6 Å². The number of piperidine rings is 1. The van der Waals surface area contributed by atoms with Crippen LogP contribution in [0.3, 0.4) is 0 Å². The number of ether oxygens (including phenoxy) is 2. The molecule has 2 N–H and O–H groups in total. The van der Waals surface area contributed by atoms with Crippen molar-refractivity contribution in [3.05, 3.63) is 24.3 Å². The van der Waals surface area contributed by atoms with Gasteiger partial charge >= 0.3 is 6.36 Å². The summed E-state index contributed by atoms with van der Waals surface area (Å²) in [6.07, 6.45) is -3.48. The van der Waals surface area contributed by atoms with Gasteiger partial charge in [0.25, 0.3) is 0 Å². The Balaban J connectivity index is 0.00000288. The summed E-state index contributed by atoms with van der Waals surface area (Å²) in [5.74, 6) is 0.0933. The molecule has 2 rings (SSSR count). The maximum Gasteiger partial charge on any atom is 0.573 e. The summed E-state index contributed by atoms with van der Waals surface area (Å²) in [4.78, 5) is 13.5. The minimum Gasteiger partial charge on any atom is -0.490 e. The number of nitrogens with zero attached hydrogens (tertiary/aromatic N) is 1. The van der Waals surface area contributed by atoms with Crippen LogP contribution in [0.5, 0.6) is 11.5 Å². The number of benzene rings is 1. The molecule has 5 nitrogen and oxygen atoms in total. The number of alkyl halides is 3. The Hall–Kier alpha value is -1.67. The van der Waals surface area contributed by atoms with E-state index in [-0.39, 0.29) is 30.2 Å². The number of hydrogen-bond donors (Lipinski definition) is 1. The fraction of sp³-hybridized carbons (Fsp3) is 0.533. The Morgan fingerprint density at radius 1 is 1.21 bits per heavy atom. The lowest BCUT2D eigenvalue weighted by molar-refractivity contribution is -0.274. The molecule has 1 saturated heterocycles. The third kappa shape index (κ3) is 6.09. The predicted molar refractivity (Wildman–Crippen MR) is 84.3 cm³/mol. The summed E-state index contributed by atoms with van der Waals surface area (Å²) >= 11 is 0. The molecule has 1 heterocycles. The zero-order chi connectivity index (χ0) is 17.0. The molecule has 136 valence electrons. The number of amides is 1. The standard InChI is InChI=1S/C15H19F3N2O3.ClH/c1-10(19)14(21)20-8-6-12(7-9-20)22-11-2-4-13(5-3-11)23-15(16,17)18;/h2-5,10,12H,6-9,19H2,1H3;1H/t10-;/m0./s1. The summed E-state index contributed by atoms with van der Waals surface area (Å²) in [5.41, 5.74) is 5.57. The first-order valence-corrected chi connectivity index (χ1v) is 7.31. The molecule has 0 aliphatic carbocycles. The minimum atomic E-state index is -4.71. The van der Waals surface area contributed by atoms with E-state index >= 15 is 0 Å². The molecule has 0 saturated carbocycles. The number of likely N-dealkylation sites (tertiary alicyclic amines) is 1. The SMILES string of the molecule is C[C@H](N)C(=O)N1CCC(Oc2ccc(OC(F)(F)F)cc2)CC1.Cl. The van der Waals surface area contributed by atoms with Gasteiger partial charge < -0.3 is 20.1 Å². The molecule has 0 aromatic heterocycles. The number of carbonyl (C=O) groups is 1. The third-order valence-electron chi connectivity index (χ3n) is 3.50. The average Bonchev–Trinajstić information content (AvgIpc) is 2.48. The summed E-state index contributed by atoms with van der Waals surface area (Å²) < 4.78 is 45.8. The maximum absolute atomic E-state index is 12.1. The van der Waals surface area contributed by atoms with E-state index < -0.39 is 12.4 Å². The first kappa shape index (κ1) is 20.4. The molecule has 1 aliphatic rings. The molecule has 24 heavy (non-hydrogen) atoms. The van der Waals surface area contributed by atoms with Crippen molar-refractivity contribution in [2.24, 2.45) is 5.73 Å². The van der Waals surface area contributed by atoms with Gasteiger partial charge in [-0.3, -0.25) is 4.79 Å². The number of rotatable bonds is 4. The second-order valence-corrected chi connectivity index (χ2v) is 5.45. The van der Waals surface area contributed by atoms with Crippen LogP contribution in [-0.2, 0) is 4.79 Å². The van der Waals surface area contributed by atoms with Gasteiger partial charge in [0.05, 0.1) is 6.04 Å². The fourth-order valence-corrected chi connectivity index (χ4v) is 2.39. The summed E-state index contributed by atoms with van der Waals surface area (Å²) in [7, 11) is 0. The molecule has 1 fully saturated rings. The van der Waals surface area contributed by atoms with E-state index in [1.54, 1.807) is 11.8 Å². The Kier molecular flexibility index (Phi) is 7.16. The van der Waals surface area contributed by atoms with Crippen LogP contribution < -0.4 is 15.2 Å². The lowest BCUT2D eigenvalue weighted by Crippen LogP contribution is -2.47. The van der Waals surface area contributed by atoms with E-state index in [9.17, 15) is 18.0 Å². The number of nitrogens with two attached hydrogens (primary N) is 1. The number of hydrogen-bond acceptors (Lipinski definition) is 4. The summed E-state index contributed by atoms with van der Waals surface area (Å²) in [6, 6.07) is 4.75. The van der Waals surface area contributed by atoms with E-state index in [1.807, 2.05) is 0 Å². The van der Waals surface area contributed by atoms with Crippen molar-refractivity contribution >= 4 is 18.3 Å². The zero-order valence-corrected chi connectivity index (χ0v) is 13.9. The first-order valence-electron chi connectivity index (χ1n) is 7.31. The van der Waals surface area contributed by atoms with E-state index in [4.69, 9.17) is 10.5 Å². The molecule has 0 bridgehead atoms. The van der Waals surface area contributed by atoms with Crippen LogP contribution in [0.15, 0.2) is 24.3 Å². The van der Waals surface area contributed by atoms with Crippen LogP contribution in [-0.4, -0.2) is 42.4 Å². The Morgan fingerprint density at radius 2 is 1.71 bits per heavy atom. The van der Waals surface area contributed by atoms with Gasteiger partial charge in [-0.05, 0) is 31.2 Å². The van der Waals surface area contributed by atoms with Crippen LogP contribution in [0.1, 0.15) is 19.8 Å². The average molecular weight is 369 g/mol. The van der Waals surface area contributed by atoms with E-state index in [0.717, 1.165) is 0 Å². The highest BCUT2D eigenvalue weighted by Gasteiger charge is 2.31. The molecular weight excluding hydrogens is 349 g/mol. The van der Waals surface area contributed by atoms with Crippen molar-refractivity contribution in [2.45, 2.75) is 38.3 Å². The van der Waals surface area contributed by atoms with Gasteiger partial charge in [0.15, 0.2) is 0 Å². The van der Waals surface area contributed by atoms with Crippen LogP contribution in [0.2, 0.25) is 0 Å². The van der Waals surface area contributed by atoms with Crippen LogP contribution in [0.4, 0.5) is 13.2 Å². The van der Waals surface area contributed by atoms with Crippen molar-refractivity contribution in [3.8, 4) is 11.5 Å². The normalized spacial score (nSPS) is 17.0. The third-order valence-corrected chi connectivity index (χ3v) is 3.50. The van der Waals surface area contributed by atoms with E-state index in [2.05, 4.69) is 4.74 Å². The van der Waals surface area contributed by atoms with Gasteiger partial charge in [0, 0.05) is 25.9 Å². The molecule has 0 radical (unpaired) electrons. The van der Waals surface area contributed by atoms with Crippen molar-refractivity contribution in [1.29, 1.82) is 0 Å². The molecule has 9 heteroatoms. The molecule has 0 unspecified atom stereocenters. The first-order chi connectivity index (χ1) is 10.7. The topological polar surface area (TPSA) is 64.8 Å². The molecular formula is C15H20ClF3N2O3. The molecule has 1 aromatic rings. The predicted octanol–water partition coefficient (Wildman–Crippen LogP) is 2.72. The molecule has 1 aromatic carbocycles. The van der Waals surface area contributed by atoms with Gasteiger partial charge in [-0.25, -0.2) is 0 Å². The van der Waals surface area contributed by atoms with Gasteiger partial charge in [0.2, 0.25) is 5.91 Å². The van der Waals surface area contributed by atoms with Crippen molar-refractivity contribution in [2.75, 3.05) is 13.1 Å². The largest absolute Gasteiger partial charge is 0.573 e. The second kappa shape index (κ2) is 8.43. The lowest BCUT2D eigenvalue weighted by Gasteiger charge is -2.33.